The lowest BCUT2D eigenvalue weighted by molar-refractivity contribution is -0.141. The van der Waals surface area contributed by atoms with Crippen LogP contribution in [0.2, 0.25) is 0 Å². The van der Waals surface area contributed by atoms with Crippen LogP contribution in [0.15, 0.2) is 30.3 Å². The van der Waals surface area contributed by atoms with Crippen LogP contribution in [0.4, 0.5) is 18.0 Å². The monoisotopic (exact) mass is 496 g/mol. The van der Waals surface area contributed by atoms with Crippen LogP contribution >= 0.6 is 0 Å². The number of likely N-dealkylation sites (tertiary alicyclic amines) is 1. The number of hydrogen-bond donors (Lipinski definition) is 1. The van der Waals surface area contributed by atoms with Crippen molar-refractivity contribution in [1.82, 2.24) is 20.0 Å². The zero-order valence-electron chi connectivity index (χ0n) is 20.3. The second-order valence-corrected chi connectivity index (χ2v) is 9.50. The van der Waals surface area contributed by atoms with Crippen molar-refractivity contribution in [3.8, 4) is 5.75 Å². The highest BCUT2D eigenvalue weighted by atomic mass is 19.4. The number of aromatic nitrogens is 2. The summed E-state index contributed by atoms with van der Waals surface area (Å²) in [6.07, 6.45) is -3.97. The van der Waals surface area contributed by atoms with E-state index in [0.717, 1.165) is 10.7 Å². The van der Waals surface area contributed by atoms with Crippen LogP contribution in [0.1, 0.15) is 55.4 Å². The Morgan fingerprint density at radius 1 is 1.14 bits per heavy atom. The van der Waals surface area contributed by atoms with Crippen LogP contribution in [0, 0.1) is 5.92 Å². The maximum absolute atomic E-state index is 13.4. The number of methoxy groups -OCH3 is 1. The lowest BCUT2D eigenvalue weighted by Gasteiger charge is -2.33. The summed E-state index contributed by atoms with van der Waals surface area (Å²) < 4.78 is 51.9. The average molecular weight is 497 g/mol. The second-order valence-electron chi connectivity index (χ2n) is 9.50. The largest absolute Gasteiger partial charge is 0.496 e. The van der Waals surface area contributed by atoms with Crippen molar-refractivity contribution in [2.75, 3.05) is 20.2 Å². The van der Waals surface area contributed by atoms with E-state index >= 15 is 0 Å². The van der Waals surface area contributed by atoms with E-state index in [0.29, 0.717) is 37.2 Å². The fourth-order valence-electron chi connectivity index (χ4n) is 3.86. The molecule has 2 aromatic rings. The molecule has 1 fully saturated rings. The molecule has 8 nitrogen and oxygen atoms in total. The van der Waals surface area contributed by atoms with Gasteiger partial charge in [-0.25, -0.2) is 4.79 Å². The predicted molar refractivity (Wildman–Crippen MR) is 122 cm³/mol. The van der Waals surface area contributed by atoms with Gasteiger partial charge >= 0.3 is 12.3 Å². The van der Waals surface area contributed by atoms with Crippen LogP contribution in [0.5, 0.6) is 5.75 Å². The number of nitrogens with one attached hydrogen (secondary N) is 1. The van der Waals surface area contributed by atoms with Crippen molar-refractivity contribution >= 4 is 12.0 Å². The van der Waals surface area contributed by atoms with Gasteiger partial charge in [-0.3, -0.25) is 9.48 Å². The Hall–Kier alpha value is -3.24. The molecule has 2 amide bonds. The van der Waals surface area contributed by atoms with Crippen LogP contribution in [-0.2, 0) is 24.0 Å². The minimum absolute atomic E-state index is 0.0459. The van der Waals surface area contributed by atoms with Crippen molar-refractivity contribution in [1.29, 1.82) is 0 Å². The summed E-state index contributed by atoms with van der Waals surface area (Å²) in [5.74, 6) is -0.144. The van der Waals surface area contributed by atoms with Gasteiger partial charge in [0.2, 0.25) is 0 Å². The van der Waals surface area contributed by atoms with E-state index in [2.05, 4.69) is 10.4 Å². The van der Waals surface area contributed by atoms with E-state index in [1.165, 1.54) is 7.11 Å². The maximum Gasteiger partial charge on any atom is 0.435 e. The smallest absolute Gasteiger partial charge is 0.435 e. The third kappa shape index (κ3) is 7.12. The van der Waals surface area contributed by atoms with Crippen molar-refractivity contribution in [3.05, 3.63) is 47.3 Å². The molecule has 35 heavy (non-hydrogen) atoms. The number of hydrogen-bond acceptors (Lipinski definition) is 5. The first-order chi connectivity index (χ1) is 16.4. The van der Waals surface area contributed by atoms with Crippen molar-refractivity contribution in [2.45, 2.75) is 58.5 Å². The second kappa shape index (κ2) is 10.6. The molecule has 11 heteroatoms. The quantitative estimate of drug-likeness (QED) is 0.637. The molecule has 192 valence electrons. The van der Waals surface area contributed by atoms with E-state index in [4.69, 9.17) is 9.47 Å². The molecule has 1 aliphatic heterocycles. The minimum atomic E-state index is -4.68. The molecule has 1 aliphatic rings. The predicted octanol–water partition coefficient (Wildman–Crippen LogP) is 4.49. The van der Waals surface area contributed by atoms with Gasteiger partial charge in [-0.2, -0.15) is 18.3 Å². The molecule has 1 N–H and O–H groups in total. The highest BCUT2D eigenvalue weighted by Gasteiger charge is 2.36. The number of benzene rings is 1. The summed E-state index contributed by atoms with van der Waals surface area (Å²) >= 11 is 0. The third-order valence-electron chi connectivity index (χ3n) is 5.63. The average Bonchev–Trinajstić information content (AvgIpc) is 3.21. The molecule has 0 radical (unpaired) electrons. The number of alkyl halides is 3. The van der Waals surface area contributed by atoms with Gasteiger partial charge in [-0.15, -0.1) is 0 Å². The topological polar surface area (TPSA) is 85.7 Å². The number of carbonyl (C=O) groups is 2. The maximum atomic E-state index is 13.4. The van der Waals surface area contributed by atoms with Crippen LogP contribution in [0.25, 0.3) is 0 Å². The minimum Gasteiger partial charge on any atom is -0.496 e. The number of ether oxygens (including phenoxy) is 2. The molecular weight excluding hydrogens is 465 g/mol. The van der Waals surface area contributed by atoms with Crippen molar-refractivity contribution in [2.24, 2.45) is 5.92 Å². The lowest BCUT2D eigenvalue weighted by atomic mass is 9.97. The molecule has 1 aromatic heterocycles. The van der Waals surface area contributed by atoms with Crippen LogP contribution in [-0.4, -0.2) is 52.5 Å². The van der Waals surface area contributed by atoms with E-state index in [1.807, 2.05) is 0 Å². The summed E-state index contributed by atoms with van der Waals surface area (Å²) in [6, 6.07) is 7.82. The molecule has 0 atom stereocenters. The zero-order valence-corrected chi connectivity index (χ0v) is 20.3. The SMILES string of the molecule is COc1ccccc1CNC(=O)c1cc(C(F)(F)F)nn1CC1CCN(C(=O)OC(C)(C)C)CC1. The Labute approximate surface area is 202 Å². The third-order valence-corrected chi connectivity index (χ3v) is 5.63. The standard InChI is InChI=1S/C24H31F3N4O4/c1-23(2,3)35-22(33)30-11-9-16(10-12-30)15-31-18(13-20(29-31)24(25,26)27)21(32)28-14-17-7-5-6-8-19(17)34-4/h5-8,13,16H,9-12,14-15H2,1-4H3,(H,28,32). The first-order valence-corrected chi connectivity index (χ1v) is 11.4. The van der Waals surface area contributed by atoms with Gasteiger partial charge in [0.25, 0.3) is 5.91 Å². The first kappa shape index (κ1) is 26.4. The molecule has 0 aliphatic carbocycles. The molecule has 0 spiro atoms. The van der Waals surface area contributed by atoms with Gasteiger partial charge in [0, 0.05) is 37.8 Å². The molecule has 0 saturated carbocycles. The van der Waals surface area contributed by atoms with Crippen LogP contribution < -0.4 is 10.1 Å². The molecule has 2 heterocycles. The van der Waals surface area contributed by atoms with E-state index in [1.54, 1.807) is 49.9 Å². The van der Waals surface area contributed by atoms with Gasteiger partial charge in [0.1, 0.15) is 17.0 Å². The van der Waals surface area contributed by atoms with Crippen molar-refractivity contribution in [3.63, 3.8) is 0 Å². The number of carbonyl (C=O) groups excluding carboxylic acids is 2. The molecule has 3 rings (SSSR count). The fourth-order valence-corrected chi connectivity index (χ4v) is 3.86. The summed E-state index contributed by atoms with van der Waals surface area (Å²) in [6.45, 7) is 6.42. The normalized spacial score (nSPS) is 15.1. The van der Waals surface area contributed by atoms with Crippen molar-refractivity contribution < 1.29 is 32.2 Å². The molecule has 1 aromatic carbocycles. The summed E-state index contributed by atoms with van der Waals surface area (Å²) in [5.41, 5.74) is -1.20. The number of nitrogens with zero attached hydrogens (tertiary/aromatic N) is 3. The summed E-state index contributed by atoms with van der Waals surface area (Å²) in [5, 5.41) is 6.35. The Morgan fingerprint density at radius 3 is 2.40 bits per heavy atom. The number of amides is 2. The number of piperidine rings is 1. The molecular formula is C24H31F3N4O4. The summed E-state index contributed by atoms with van der Waals surface area (Å²) in [7, 11) is 1.50. The Kier molecular flexibility index (Phi) is 7.97. The van der Waals surface area contributed by atoms with Crippen LogP contribution in [0.3, 0.4) is 0 Å². The zero-order chi connectivity index (χ0) is 25.8. The van der Waals surface area contributed by atoms with E-state index in [-0.39, 0.29) is 24.7 Å². The Bertz CT molecular complexity index is 1040. The lowest BCUT2D eigenvalue weighted by Crippen LogP contribution is -2.42. The summed E-state index contributed by atoms with van der Waals surface area (Å²) in [4.78, 5) is 26.7. The fraction of sp³-hybridized carbons (Fsp3) is 0.542. The highest BCUT2D eigenvalue weighted by molar-refractivity contribution is 5.92. The first-order valence-electron chi connectivity index (χ1n) is 11.4. The molecule has 0 bridgehead atoms. The van der Waals surface area contributed by atoms with Gasteiger partial charge in [-0.1, -0.05) is 18.2 Å². The number of rotatable bonds is 6. The van der Waals surface area contributed by atoms with Gasteiger partial charge in [0.15, 0.2) is 5.69 Å². The Morgan fingerprint density at radius 2 is 1.80 bits per heavy atom. The Balaban J connectivity index is 1.69. The molecule has 1 saturated heterocycles. The van der Waals surface area contributed by atoms with Gasteiger partial charge in [0.05, 0.1) is 7.11 Å². The van der Waals surface area contributed by atoms with Gasteiger partial charge < -0.3 is 19.7 Å². The van der Waals surface area contributed by atoms with Gasteiger partial charge in [-0.05, 0) is 45.6 Å². The van der Waals surface area contributed by atoms with E-state index < -0.39 is 29.5 Å². The number of halogens is 3. The number of para-hydroxylation sites is 1. The molecule has 0 unspecified atom stereocenters. The van der Waals surface area contributed by atoms with E-state index in [9.17, 15) is 22.8 Å². The highest BCUT2D eigenvalue weighted by Crippen LogP contribution is 2.30.